The molecule has 92 valence electrons. The number of rotatable bonds is 8. The third-order valence-electron chi connectivity index (χ3n) is 1.74. The Morgan fingerprint density at radius 2 is 2.00 bits per heavy atom. The van der Waals surface area contributed by atoms with Crippen LogP contribution in [0.5, 0.6) is 0 Å². The molecule has 3 N–H and O–H groups in total. The van der Waals surface area contributed by atoms with Crippen molar-refractivity contribution in [3.8, 4) is 0 Å². The van der Waals surface area contributed by atoms with E-state index >= 15 is 0 Å². The molecule has 7 heteroatoms. The molecule has 0 aliphatic carbocycles. The standard InChI is InChI=1S/C9H15NO6/c1-6(12)2-3-7(9(14)15)10-8(13)4-16-5-11/h7,11H,2-5H2,1H3,(H,10,13)(H,14,15). The number of Topliss-reactive ketones (excluding diaryl/α,β-unsaturated/α-hetero) is 1. The highest BCUT2D eigenvalue weighted by atomic mass is 16.6. The van der Waals surface area contributed by atoms with Crippen molar-refractivity contribution < 1.29 is 29.3 Å². The van der Waals surface area contributed by atoms with Gasteiger partial charge in [-0.3, -0.25) is 4.79 Å². The SMILES string of the molecule is CC(=O)CCC(NC(=O)COCO)C(=O)O. The first kappa shape index (κ1) is 14.5. The molecule has 0 aliphatic heterocycles. The largest absolute Gasteiger partial charge is 0.480 e. The van der Waals surface area contributed by atoms with Gasteiger partial charge in [0.05, 0.1) is 0 Å². The second-order valence-corrected chi connectivity index (χ2v) is 3.18. The van der Waals surface area contributed by atoms with Gasteiger partial charge in [0.2, 0.25) is 5.91 Å². The molecular formula is C9H15NO6. The minimum atomic E-state index is -1.21. The van der Waals surface area contributed by atoms with E-state index in [1.165, 1.54) is 6.92 Å². The molecule has 0 aliphatic rings. The van der Waals surface area contributed by atoms with Crippen molar-refractivity contribution in [2.24, 2.45) is 0 Å². The minimum absolute atomic E-state index is 0.0372. The fourth-order valence-corrected chi connectivity index (χ4v) is 0.979. The first-order valence-electron chi connectivity index (χ1n) is 4.67. The molecule has 0 bridgehead atoms. The Kier molecular flexibility index (Phi) is 7.06. The third-order valence-corrected chi connectivity index (χ3v) is 1.74. The second kappa shape index (κ2) is 7.77. The second-order valence-electron chi connectivity index (χ2n) is 3.18. The summed E-state index contributed by atoms with van der Waals surface area (Å²) in [6.07, 6.45) is 0.119. The van der Waals surface area contributed by atoms with Crippen LogP contribution in [-0.4, -0.2) is 47.3 Å². The van der Waals surface area contributed by atoms with E-state index in [2.05, 4.69) is 10.1 Å². The Bertz CT molecular complexity index is 265. The van der Waals surface area contributed by atoms with Crippen LogP contribution in [0.3, 0.4) is 0 Å². The molecule has 1 atom stereocenters. The summed E-state index contributed by atoms with van der Waals surface area (Å²) in [5, 5.41) is 19.2. The lowest BCUT2D eigenvalue weighted by atomic mass is 10.1. The quantitative estimate of drug-likeness (QED) is 0.458. The van der Waals surface area contributed by atoms with Crippen molar-refractivity contribution in [2.75, 3.05) is 13.4 Å². The van der Waals surface area contributed by atoms with E-state index in [9.17, 15) is 14.4 Å². The zero-order valence-corrected chi connectivity index (χ0v) is 8.93. The molecule has 0 aromatic rings. The number of hydrogen-bond donors (Lipinski definition) is 3. The number of amides is 1. The smallest absolute Gasteiger partial charge is 0.326 e. The van der Waals surface area contributed by atoms with Gasteiger partial charge in [0.1, 0.15) is 25.2 Å². The van der Waals surface area contributed by atoms with Crippen LogP contribution >= 0.6 is 0 Å². The molecule has 1 amide bonds. The monoisotopic (exact) mass is 233 g/mol. The Morgan fingerprint density at radius 3 is 2.44 bits per heavy atom. The molecule has 0 radical (unpaired) electrons. The lowest BCUT2D eigenvalue weighted by molar-refractivity contribution is -0.143. The topological polar surface area (TPSA) is 113 Å². The van der Waals surface area contributed by atoms with Gasteiger partial charge in [-0.25, -0.2) is 4.79 Å². The number of carbonyl (C=O) groups excluding carboxylic acids is 2. The molecule has 16 heavy (non-hydrogen) atoms. The van der Waals surface area contributed by atoms with Gasteiger partial charge in [-0.15, -0.1) is 0 Å². The highest BCUT2D eigenvalue weighted by Gasteiger charge is 2.19. The van der Waals surface area contributed by atoms with Crippen molar-refractivity contribution in [3.63, 3.8) is 0 Å². The molecule has 0 aromatic heterocycles. The van der Waals surface area contributed by atoms with Crippen molar-refractivity contribution in [1.29, 1.82) is 0 Å². The summed E-state index contributed by atoms with van der Waals surface area (Å²) < 4.78 is 4.39. The summed E-state index contributed by atoms with van der Waals surface area (Å²) in [6.45, 7) is 0.314. The van der Waals surface area contributed by atoms with Gasteiger partial charge in [0.15, 0.2) is 0 Å². The van der Waals surface area contributed by atoms with E-state index in [-0.39, 0.29) is 18.6 Å². The predicted octanol–water partition coefficient (Wildman–Crippen LogP) is -1.11. The number of carboxylic acid groups (broad SMARTS) is 1. The summed E-state index contributed by atoms with van der Waals surface area (Å²) in [5.41, 5.74) is 0. The van der Waals surface area contributed by atoms with Gasteiger partial charge >= 0.3 is 5.97 Å². The zero-order valence-electron chi connectivity index (χ0n) is 8.93. The summed E-state index contributed by atoms with van der Waals surface area (Å²) in [6, 6.07) is -1.11. The Labute approximate surface area is 92.4 Å². The molecule has 0 fully saturated rings. The first-order valence-corrected chi connectivity index (χ1v) is 4.67. The maximum atomic E-state index is 11.1. The molecule has 1 unspecified atom stereocenters. The van der Waals surface area contributed by atoms with E-state index in [1.54, 1.807) is 0 Å². The zero-order chi connectivity index (χ0) is 12.6. The number of hydrogen-bond acceptors (Lipinski definition) is 5. The Morgan fingerprint density at radius 1 is 1.38 bits per heavy atom. The first-order chi connectivity index (χ1) is 7.47. The molecule has 0 saturated heterocycles. The van der Waals surface area contributed by atoms with Crippen LogP contribution in [0.1, 0.15) is 19.8 Å². The third kappa shape index (κ3) is 6.91. The van der Waals surface area contributed by atoms with Crippen LogP contribution in [0.15, 0.2) is 0 Å². The summed E-state index contributed by atoms with van der Waals surface area (Å²) in [5.74, 6) is -2.00. The molecular weight excluding hydrogens is 218 g/mol. The number of aliphatic hydroxyl groups is 1. The van der Waals surface area contributed by atoms with Crippen LogP contribution in [0.2, 0.25) is 0 Å². The lowest BCUT2D eigenvalue weighted by Gasteiger charge is -2.13. The van der Waals surface area contributed by atoms with Crippen LogP contribution in [0.4, 0.5) is 0 Å². The highest BCUT2D eigenvalue weighted by molar-refractivity contribution is 5.85. The number of ether oxygens (including phenoxy) is 1. The maximum Gasteiger partial charge on any atom is 0.326 e. The van der Waals surface area contributed by atoms with Crippen LogP contribution < -0.4 is 5.32 Å². The number of carbonyl (C=O) groups is 3. The summed E-state index contributed by atoms with van der Waals surface area (Å²) in [7, 11) is 0. The molecule has 0 spiro atoms. The Balaban J connectivity index is 4.07. The number of ketones is 1. The fourth-order valence-electron chi connectivity index (χ4n) is 0.979. The minimum Gasteiger partial charge on any atom is -0.480 e. The van der Waals surface area contributed by atoms with Crippen LogP contribution in [0, 0.1) is 0 Å². The molecule has 0 heterocycles. The van der Waals surface area contributed by atoms with Crippen molar-refractivity contribution in [3.05, 3.63) is 0 Å². The van der Waals surface area contributed by atoms with Gasteiger partial charge in [0.25, 0.3) is 0 Å². The highest BCUT2D eigenvalue weighted by Crippen LogP contribution is 1.98. The van der Waals surface area contributed by atoms with Gasteiger partial charge in [-0.05, 0) is 13.3 Å². The fraction of sp³-hybridized carbons (Fsp3) is 0.667. The maximum absolute atomic E-state index is 11.1. The normalized spacial score (nSPS) is 11.9. The molecule has 0 saturated carbocycles. The van der Waals surface area contributed by atoms with Crippen molar-refractivity contribution in [1.82, 2.24) is 5.32 Å². The van der Waals surface area contributed by atoms with Crippen LogP contribution in [0.25, 0.3) is 0 Å². The predicted molar refractivity (Wildman–Crippen MR) is 52.5 cm³/mol. The van der Waals surface area contributed by atoms with E-state index in [0.717, 1.165) is 0 Å². The average molecular weight is 233 g/mol. The van der Waals surface area contributed by atoms with E-state index in [1.807, 2.05) is 0 Å². The number of nitrogens with one attached hydrogen (secondary N) is 1. The summed E-state index contributed by atoms with van der Waals surface area (Å²) in [4.78, 5) is 32.4. The van der Waals surface area contributed by atoms with E-state index in [4.69, 9.17) is 10.2 Å². The van der Waals surface area contributed by atoms with E-state index in [0.29, 0.717) is 0 Å². The molecule has 7 nitrogen and oxygen atoms in total. The van der Waals surface area contributed by atoms with Crippen molar-refractivity contribution in [2.45, 2.75) is 25.8 Å². The van der Waals surface area contributed by atoms with Gasteiger partial charge < -0.3 is 25.1 Å². The van der Waals surface area contributed by atoms with Crippen molar-refractivity contribution >= 4 is 17.7 Å². The Hall–Kier alpha value is -1.47. The van der Waals surface area contributed by atoms with E-state index < -0.39 is 31.3 Å². The number of aliphatic carboxylic acids is 1. The van der Waals surface area contributed by atoms with Gasteiger partial charge in [-0.1, -0.05) is 0 Å². The number of carboxylic acids is 1. The summed E-state index contributed by atoms with van der Waals surface area (Å²) >= 11 is 0. The number of aliphatic hydroxyl groups excluding tert-OH is 1. The van der Waals surface area contributed by atoms with Crippen LogP contribution in [-0.2, 0) is 19.1 Å². The average Bonchev–Trinajstić information content (AvgIpc) is 2.20. The molecule has 0 aromatic carbocycles. The van der Waals surface area contributed by atoms with Gasteiger partial charge in [0, 0.05) is 6.42 Å². The molecule has 0 rings (SSSR count). The van der Waals surface area contributed by atoms with Gasteiger partial charge in [-0.2, -0.15) is 0 Å². The lowest BCUT2D eigenvalue weighted by Crippen LogP contribution is -2.42.